The molecule has 0 aliphatic carbocycles. The molecular weight excluding hydrogens is 492 g/mol. The second-order valence-electron chi connectivity index (χ2n) is 7.78. The number of benzene rings is 1. The number of thiophene rings is 1. The zero-order valence-corrected chi connectivity index (χ0v) is 20.9. The van der Waals surface area contributed by atoms with Crippen LogP contribution in [0.25, 0.3) is 21.8 Å². The maximum atomic E-state index is 12.5. The van der Waals surface area contributed by atoms with E-state index in [1.165, 1.54) is 22.7 Å². The highest BCUT2D eigenvalue weighted by molar-refractivity contribution is 8.00. The fourth-order valence-electron chi connectivity index (χ4n) is 3.70. The van der Waals surface area contributed by atoms with Gasteiger partial charge in [0.15, 0.2) is 6.61 Å². The summed E-state index contributed by atoms with van der Waals surface area (Å²) >= 11 is 4.62. The number of nitrogens with two attached hydrogens (primary N) is 1. The quantitative estimate of drug-likeness (QED) is 0.232. The summed E-state index contributed by atoms with van der Waals surface area (Å²) in [4.78, 5) is 30.7. The van der Waals surface area contributed by atoms with E-state index in [2.05, 4.69) is 0 Å². The molecule has 4 N–H and O–H groups in total. The summed E-state index contributed by atoms with van der Waals surface area (Å²) in [6, 6.07) is 9.36. The number of carbonyl (C=O) groups excluding carboxylic acids is 1. The van der Waals surface area contributed by atoms with Crippen LogP contribution in [0.5, 0.6) is 5.75 Å². The third-order valence-corrected chi connectivity index (χ3v) is 8.75. The van der Waals surface area contributed by atoms with Crippen molar-refractivity contribution in [1.82, 2.24) is 9.88 Å². The van der Waals surface area contributed by atoms with Gasteiger partial charge in [0.25, 0.3) is 5.91 Å². The van der Waals surface area contributed by atoms with Gasteiger partial charge in [-0.25, -0.2) is 4.98 Å². The molecule has 4 rings (SSSR count). The fourth-order valence-corrected chi connectivity index (χ4v) is 6.41. The van der Waals surface area contributed by atoms with Crippen molar-refractivity contribution < 1.29 is 19.4 Å². The number of rotatable bonds is 8. The van der Waals surface area contributed by atoms with Crippen LogP contribution in [-0.4, -0.2) is 58.7 Å². The number of carboxylic acid groups (broad SMARTS) is 1. The number of nitrogens with one attached hydrogen (secondary N) is 1. The Hall–Kier alpha value is -2.89. The topological polar surface area (TPSA) is 130 Å². The van der Waals surface area contributed by atoms with Crippen LogP contribution in [0.3, 0.4) is 0 Å². The van der Waals surface area contributed by atoms with Crippen LogP contribution in [-0.2, 0) is 9.59 Å². The highest BCUT2D eigenvalue weighted by Crippen LogP contribution is 2.40. The molecule has 1 aliphatic rings. The van der Waals surface area contributed by atoms with Gasteiger partial charge in [0.2, 0.25) is 0 Å². The molecule has 3 aromatic rings. The van der Waals surface area contributed by atoms with Crippen LogP contribution in [0.2, 0.25) is 0 Å². The Morgan fingerprint density at radius 3 is 2.76 bits per heavy atom. The number of ether oxygens (including phenoxy) is 1. The summed E-state index contributed by atoms with van der Waals surface area (Å²) in [6.07, 6.45) is 2.93. The largest absolute Gasteiger partial charge is 0.484 e. The molecule has 11 heteroatoms. The van der Waals surface area contributed by atoms with Gasteiger partial charge in [0, 0.05) is 29.6 Å². The van der Waals surface area contributed by atoms with Crippen molar-refractivity contribution in [3.8, 4) is 27.6 Å². The lowest BCUT2D eigenvalue weighted by Gasteiger charge is -2.30. The number of amides is 1. The molecule has 34 heavy (non-hydrogen) atoms. The number of hydrogen-bond donors (Lipinski definition) is 3. The van der Waals surface area contributed by atoms with Gasteiger partial charge in [-0.3, -0.25) is 15.0 Å². The van der Waals surface area contributed by atoms with Crippen LogP contribution in [0, 0.1) is 11.3 Å². The first-order valence-electron chi connectivity index (χ1n) is 10.6. The predicted octanol–water partition coefficient (Wildman–Crippen LogP) is 4.25. The minimum Gasteiger partial charge on any atom is -0.484 e. The molecule has 1 amide bonds. The number of likely N-dealkylation sites (tertiary alicyclic amines) is 1. The average molecular weight is 517 g/mol. The van der Waals surface area contributed by atoms with Gasteiger partial charge in [-0.05, 0) is 37.3 Å². The van der Waals surface area contributed by atoms with Crippen molar-refractivity contribution in [2.24, 2.45) is 11.7 Å². The van der Waals surface area contributed by atoms with E-state index in [0.29, 0.717) is 31.7 Å². The normalized spacial score (nSPS) is 14.2. The highest BCUT2D eigenvalue weighted by atomic mass is 32.2. The van der Waals surface area contributed by atoms with Gasteiger partial charge >= 0.3 is 5.97 Å². The van der Waals surface area contributed by atoms with Gasteiger partial charge in [0.05, 0.1) is 20.7 Å². The van der Waals surface area contributed by atoms with Crippen molar-refractivity contribution in [1.29, 1.82) is 5.41 Å². The molecule has 1 fully saturated rings. The molecule has 1 aromatic carbocycles. The molecular formula is C23H24N4O4S3. The number of hydrogen-bond acceptors (Lipinski definition) is 8. The van der Waals surface area contributed by atoms with Gasteiger partial charge in [-0.15, -0.1) is 34.4 Å². The number of aliphatic carboxylic acids is 1. The minimum atomic E-state index is -0.798. The Balaban J connectivity index is 1.42. The van der Waals surface area contributed by atoms with E-state index in [1.54, 1.807) is 22.7 Å². The third-order valence-electron chi connectivity index (χ3n) is 5.57. The molecule has 178 valence electrons. The Kier molecular flexibility index (Phi) is 7.54. The fraction of sp³-hybridized carbons (Fsp3) is 0.304. The average Bonchev–Trinajstić information content (AvgIpc) is 3.50. The molecule has 0 saturated carbocycles. The van der Waals surface area contributed by atoms with E-state index in [4.69, 9.17) is 26.0 Å². The van der Waals surface area contributed by atoms with E-state index in [-0.39, 0.29) is 24.3 Å². The number of amidine groups is 1. The summed E-state index contributed by atoms with van der Waals surface area (Å²) in [5, 5.41) is 19.6. The summed E-state index contributed by atoms with van der Waals surface area (Å²) < 4.78 is 6.81. The van der Waals surface area contributed by atoms with E-state index < -0.39 is 5.97 Å². The maximum Gasteiger partial charge on any atom is 0.306 e. The van der Waals surface area contributed by atoms with Crippen LogP contribution in [0.4, 0.5) is 0 Å². The number of carboxylic acids is 1. The Bertz CT molecular complexity index is 1210. The molecule has 1 saturated heterocycles. The lowest BCUT2D eigenvalue weighted by Crippen LogP contribution is -2.42. The standard InChI is InChI=1S/C23H24N4O4S3/c1-32-23-16(10-18(34-23)20(24)25)21-26-17(12-33-21)14-3-2-4-15(9-14)31-11-19(28)27-7-5-13(6-8-27)22(29)30/h2-4,9-10,12-13H,5-8,11H2,1H3,(H3,24,25)(H,29,30). The molecule has 1 aliphatic heterocycles. The molecule has 2 aromatic heterocycles. The smallest absolute Gasteiger partial charge is 0.306 e. The molecule has 0 atom stereocenters. The highest BCUT2D eigenvalue weighted by Gasteiger charge is 2.27. The molecule has 0 spiro atoms. The third kappa shape index (κ3) is 5.43. The van der Waals surface area contributed by atoms with Crippen molar-refractivity contribution >= 4 is 52.1 Å². The number of carbonyl (C=O) groups is 2. The summed E-state index contributed by atoms with van der Waals surface area (Å²) in [5.41, 5.74) is 8.31. The lowest BCUT2D eigenvalue weighted by molar-refractivity contribution is -0.146. The van der Waals surface area contributed by atoms with Gasteiger partial charge in [-0.1, -0.05) is 12.1 Å². The summed E-state index contributed by atoms with van der Waals surface area (Å²) in [5.74, 6) is -0.698. The van der Waals surface area contributed by atoms with E-state index >= 15 is 0 Å². The number of piperidine rings is 1. The maximum absolute atomic E-state index is 12.5. The molecule has 0 unspecified atom stereocenters. The van der Waals surface area contributed by atoms with E-state index in [1.807, 2.05) is 35.9 Å². The molecule has 3 heterocycles. The van der Waals surface area contributed by atoms with E-state index in [0.717, 1.165) is 30.9 Å². The van der Waals surface area contributed by atoms with Crippen LogP contribution >= 0.6 is 34.4 Å². The first kappa shape index (κ1) is 24.2. The van der Waals surface area contributed by atoms with Crippen LogP contribution in [0.1, 0.15) is 17.7 Å². The van der Waals surface area contributed by atoms with Crippen molar-refractivity contribution in [3.05, 3.63) is 40.6 Å². The van der Waals surface area contributed by atoms with Crippen LogP contribution < -0.4 is 10.5 Å². The Morgan fingerprint density at radius 1 is 1.32 bits per heavy atom. The summed E-state index contributed by atoms with van der Waals surface area (Å²) in [7, 11) is 0. The monoisotopic (exact) mass is 516 g/mol. The van der Waals surface area contributed by atoms with Gasteiger partial charge in [0.1, 0.15) is 16.6 Å². The van der Waals surface area contributed by atoms with Crippen molar-refractivity contribution in [2.75, 3.05) is 26.0 Å². The molecule has 0 bridgehead atoms. The number of nitrogens with zero attached hydrogens (tertiary/aromatic N) is 2. The van der Waals surface area contributed by atoms with Crippen molar-refractivity contribution in [3.63, 3.8) is 0 Å². The van der Waals surface area contributed by atoms with E-state index in [9.17, 15) is 9.59 Å². The van der Waals surface area contributed by atoms with Crippen LogP contribution in [0.15, 0.2) is 39.9 Å². The van der Waals surface area contributed by atoms with Crippen molar-refractivity contribution in [2.45, 2.75) is 17.1 Å². The zero-order valence-electron chi connectivity index (χ0n) is 18.4. The first-order chi connectivity index (χ1) is 16.4. The first-order valence-corrected chi connectivity index (χ1v) is 13.5. The molecule has 0 radical (unpaired) electrons. The van der Waals surface area contributed by atoms with Gasteiger partial charge < -0.3 is 20.5 Å². The minimum absolute atomic E-state index is 0.0500. The number of thiazole rings is 1. The number of thioether (sulfide) groups is 1. The zero-order chi connectivity index (χ0) is 24.2. The Labute approximate surface area is 209 Å². The summed E-state index contributed by atoms with van der Waals surface area (Å²) in [6.45, 7) is 0.781. The number of aromatic nitrogens is 1. The SMILES string of the molecule is CSc1sc(C(=N)N)cc1-c1nc(-c2cccc(OCC(=O)N3CCC(C(=O)O)CC3)c2)cs1. The van der Waals surface area contributed by atoms with Gasteiger partial charge in [-0.2, -0.15) is 0 Å². The lowest BCUT2D eigenvalue weighted by atomic mass is 9.97. The molecule has 8 nitrogen and oxygen atoms in total. The second-order valence-corrected chi connectivity index (χ2v) is 10.8. The second kappa shape index (κ2) is 10.6. The number of nitrogen functional groups attached to an aromatic ring is 1. The Morgan fingerprint density at radius 2 is 2.09 bits per heavy atom. The predicted molar refractivity (Wildman–Crippen MR) is 136 cm³/mol.